The fourth-order valence-electron chi connectivity index (χ4n) is 1.98. The van der Waals surface area contributed by atoms with Crippen LogP contribution in [0.2, 0.25) is 0 Å². The lowest BCUT2D eigenvalue weighted by Gasteiger charge is -2.31. The van der Waals surface area contributed by atoms with E-state index in [0.29, 0.717) is 19.4 Å². The topological polar surface area (TPSA) is 95.9 Å². The van der Waals surface area contributed by atoms with E-state index in [1.807, 2.05) is 0 Å². The minimum absolute atomic E-state index is 0.0693. The Morgan fingerprint density at radius 3 is 2.67 bits per heavy atom. The largest absolute Gasteiger partial charge is 0.480 e. The van der Waals surface area contributed by atoms with Gasteiger partial charge in [-0.3, -0.25) is 4.79 Å². The summed E-state index contributed by atoms with van der Waals surface area (Å²) >= 11 is 0. The molecule has 0 aromatic carbocycles. The predicted molar refractivity (Wildman–Crippen MR) is 62.0 cm³/mol. The van der Waals surface area contributed by atoms with Crippen LogP contribution in [0.1, 0.15) is 26.2 Å². The van der Waals surface area contributed by atoms with Gasteiger partial charge in [0.25, 0.3) is 0 Å². The van der Waals surface area contributed by atoms with Gasteiger partial charge in [0.1, 0.15) is 5.54 Å². The molecule has 7 heteroatoms. The third kappa shape index (κ3) is 2.91. The Bertz CT molecular complexity index is 357. The summed E-state index contributed by atoms with van der Waals surface area (Å²) in [5, 5.41) is 11.7. The number of urea groups is 1. The quantitative estimate of drug-likeness (QED) is 0.702. The summed E-state index contributed by atoms with van der Waals surface area (Å²) in [7, 11) is 1.27. The maximum absolute atomic E-state index is 11.8. The summed E-state index contributed by atoms with van der Waals surface area (Å²) in [6.45, 7) is 2.08. The van der Waals surface area contributed by atoms with Crippen molar-refractivity contribution in [1.29, 1.82) is 0 Å². The Hall–Kier alpha value is -1.79. The molecule has 1 heterocycles. The SMILES string of the molecule is COC(=O)CCNC(=O)N1CCCC1(C)C(=O)O. The monoisotopic (exact) mass is 258 g/mol. The van der Waals surface area contributed by atoms with Gasteiger partial charge < -0.3 is 20.1 Å². The molecule has 1 atom stereocenters. The van der Waals surface area contributed by atoms with Crippen molar-refractivity contribution >= 4 is 18.0 Å². The zero-order valence-electron chi connectivity index (χ0n) is 10.6. The third-order valence-electron chi connectivity index (χ3n) is 3.18. The van der Waals surface area contributed by atoms with Gasteiger partial charge in [0.2, 0.25) is 0 Å². The molecule has 1 rings (SSSR count). The second-order valence-electron chi connectivity index (χ2n) is 4.39. The zero-order valence-corrected chi connectivity index (χ0v) is 10.6. The minimum atomic E-state index is -1.16. The second kappa shape index (κ2) is 5.70. The number of nitrogens with one attached hydrogen (secondary N) is 1. The van der Waals surface area contributed by atoms with Gasteiger partial charge in [-0.2, -0.15) is 0 Å². The Kier molecular flexibility index (Phi) is 4.52. The van der Waals surface area contributed by atoms with Crippen molar-refractivity contribution in [3.05, 3.63) is 0 Å². The molecule has 1 saturated heterocycles. The molecular formula is C11H18N2O5. The fourth-order valence-corrected chi connectivity index (χ4v) is 1.98. The maximum Gasteiger partial charge on any atom is 0.329 e. The number of aliphatic carboxylic acids is 1. The lowest BCUT2D eigenvalue weighted by molar-refractivity contribution is -0.147. The summed E-state index contributed by atoms with van der Waals surface area (Å²) in [6, 6.07) is -0.457. The second-order valence-corrected chi connectivity index (χ2v) is 4.39. The molecule has 0 aromatic heterocycles. The number of hydrogen-bond acceptors (Lipinski definition) is 4. The number of carboxylic acids is 1. The Morgan fingerprint density at radius 1 is 1.44 bits per heavy atom. The number of hydrogen-bond donors (Lipinski definition) is 2. The molecule has 0 spiro atoms. The average molecular weight is 258 g/mol. The smallest absolute Gasteiger partial charge is 0.329 e. The third-order valence-corrected chi connectivity index (χ3v) is 3.18. The predicted octanol–water partition coefficient (Wildman–Crippen LogP) is 0.198. The van der Waals surface area contributed by atoms with Crippen molar-refractivity contribution in [2.24, 2.45) is 0 Å². The highest BCUT2D eigenvalue weighted by Gasteiger charge is 2.45. The van der Waals surface area contributed by atoms with E-state index in [-0.39, 0.29) is 13.0 Å². The molecular weight excluding hydrogens is 240 g/mol. The van der Waals surface area contributed by atoms with Crippen molar-refractivity contribution in [3.8, 4) is 0 Å². The van der Waals surface area contributed by atoms with Crippen LogP contribution in [0.15, 0.2) is 0 Å². The Morgan fingerprint density at radius 2 is 2.11 bits per heavy atom. The molecule has 0 aliphatic carbocycles. The molecule has 102 valence electrons. The molecule has 0 aromatic rings. The summed E-state index contributed by atoms with van der Waals surface area (Å²) in [5.74, 6) is -1.43. The van der Waals surface area contributed by atoms with Crippen LogP contribution in [-0.2, 0) is 14.3 Å². The molecule has 2 N–H and O–H groups in total. The van der Waals surface area contributed by atoms with Crippen molar-refractivity contribution in [3.63, 3.8) is 0 Å². The lowest BCUT2D eigenvalue weighted by Crippen LogP contribution is -2.54. The number of ether oxygens (including phenoxy) is 1. The molecule has 1 unspecified atom stereocenters. The number of rotatable bonds is 4. The van der Waals surface area contributed by atoms with E-state index in [9.17, 15) is 14.4 Å². The normalized spacial score (nSPS) is 22.7. The number of carbonyl (C=O) groups is 3. The van der Waals surface area contributed by atoms with Gasteiger partial charge >= 0.3 is 18.0 Å². The van der Waals surface area contributed by atoms with Crippen LogP contribution in [-0.4, -0.2) is 53.7 Å². The molecule has 18 heavy (non-hydrogen) atoms. The van der Waals surface area contributed by atoms with Crippen molar-refractivity contribution in [2.75, 3.05) is 20.2 Å². The standard InChI is InChI=1S/C11H18N2O5/c1-11(9(15)16)5-3-7-13(11)10(17)12-6-4-8(14)18-2/h3-7H2,1-2H3,(H,12,17)(H,15,16). The van der Waals surface area contributed by atoms with E-state index in [0.717, 1.165) is 0 Å². The van der Waals surface area contributed by atoms with Gasteiger partial charge in [0.15, 0.2) is 0 Å². The fraction of sp³-hybridized carbons (Fsp3) is 0.727. The molecule has 0 radical (unpaired) electrons. The van der Waals surface area contributed by atoms with Gasteiger partial charge in [-0.05, 0) is 19.8 Å². The molecule has 0 saturated carbocycles. The molecule has 7 nitrogen and oxygen atoms in total. The number of amides is 2. The first kappa shape index (κ1) is 14.3. The first-order valence-corrected chi connectivity index (χ1v) is 5.77. The summed E-state index contributed by atoms with van der Waals surface area (Å²) < 4.78 is 4.44. The first-order valence-electron chi connectivity index (χ1n) is 5.77. The highest BCUT2D eigenvalue weighted by Crippen LogP contribution is 2.29. The minimum Gasteiger partial charge on any atom is -0.480 e. The summed E-state index contributed by atoms with van der Waals surface area (Å²) in [4.78, 5) is 35.2. The van der Waals surface area contributed by atoms with Gasteiger partial charge in [0.05, 0.1) is 13.5 Å². The molecule has 0 bridgehead atoms. The number of likely N-dealkylation sites (tertiary alicyclic amines) is 1. The number of carbonyl (C=O) groups excluding carboxylic acids is 2. The first-order chi connectivity index (χ1) is 8.41. The van der Waals surface area contributed by atoms with Crippen LogP contribution in [0.5, 0.6) is 0 Å². The highest BCUT2D eigenvalue weighted by molar-refractivity contribution is 5.86. The van der Waals surface area contributed by atoms with Gasteiger partial charge in [-0.15, -0.1) is 0 Å². The Balaban J connectivity index is 2.51. The molecule has 2 amide bonds. The lowest BCUT2D eigenvalue weighted by atomic mass is 10.00. The number of esters is 1. The number of methoxy groups -OCH3 is 1. The molecule has 1 fully saturated rings. The van der Waals surface area contributed by atoms with E-state index in [1.54, 1.807) is 0 Å². The highest BCUT2D eigenvalue weighted by atomic mass is 16.5. The van der Waals surface area contributed by atoms with E-state index in [1.165, 1.54) is 18.9 Å². The number of nitrogens with zero attached hydrogens (tertiary/aromatic N) is 1. The molecule has 1 aliphatic heterocycles. The van der Waals surface area contributed by atoms with E-state index >= 15 is 0 Å². The summed E-state index contributed by atoms with van der Waals surface area (Å²) in [5.41, 5.74) is -1.16. The van der Waals surface area contributed by atoms with E-state index in [2.05, 4.69) is 10.1 Å². The molecule has 1 aliphatic rings. The van der Waals surface area contributed by atoms with Crippen LogP contribution < -0.4 is 5.32 Å². The van der Waals surface area contributed by atoms with Crippen LogP contribution in [0, 0.1) is 0 Å². The van der Waals surface area contributed by atoms with Crippen LogP contribution in [0.4, 0.5) is 4.79 Å². The van der Waals surface area contributed by atoms with Crippen LogP contribution in [0.3, 0.4) is 0 Å². The maximum atomic E-state index is 11.8. The van der Waals surface area contributed by atoms with Crippen molar-refractivity contribution in [2.45, 2.75) is 31.7 Å². The summed E-state index contributed by atoms with van der Waals surface area (Å²) in [6.07, 6.45) is 1.17. The van der Waals surface area contributed by atoms with E-state index < -0.39 is 23.5 Å². The van der Waals surface area contributed by atoms with Crippen molar-refractivity contribution in [1.82, 2.24) is 10.2 Å². The Labute approximate surface area is 105 Å². The van der Waals surface area contributed by atoms with Gasteiger partial charge in [0, 0.05) is 13.1 Å². The van der Waals surface area contributed by atoms with Gasteiger partial charge in [-0.1, -0.05) is 0 Å². The van der Waals surface area contributed by atoms with Crippen LogP contribution >= 0.6 is 0 Å². The zero-order chi connectivity index (χ0) is 13.8. The average Bonchev–Trinajstić information content (AvgIpc) is 2.72. The van der Waals surface area contributed by atoms with E-state index in [4.69, 9.17) is 5.11 Å². The van der Waals surface area contributed by atoms with Gasteiger partial charge in [-0.25, -0.2) is 9.59 Å². The number of carboxylic acid groups (broad SMARTS) is 1. The van der Waals surface area contributed by atoms with Crippen LogP contribution in [0.25, 0.3) is 0 Å². The van der Waals surface area contributed by atoms with Crippen molar-refractivity contribution < 1.29 is 24.2 Å².